The van der Waals surface area contributed by atoms with Crippen molar-refractivity contribution in [3.8, 4) is 34.0 Å². The van der Waals surface area contributed by atoms with Crippen molar-refractivity contribution in [1.82, 2.24) is 24.6 Å². The lowest BCUT2D eigenvalue weighted by Gasteiger charge is -2.39. The Morgan fingerprint density at radius 3 is 2.76 bits per heavy atom. The quantitative estimate of drug-likeness (QED) is 0.484. The molecular formula is C26H25ClFN5O4. The van der Waals surface area contributed by atoms with E-state index in [1.807, 2.05) is 0 Å². The maximum absolute atomic E-state index is 15.1. The van der Waals surface area contributed by atoms with Gasteiger partial charge in [-0.2, -0.15) is 5.10 Å². The van der Waals surface area contributed by atoms with Crippen LogP contribution in [0.2, 0.25) is 5.02 Å². The number of aryl methyl sites for hydroxylation is 2. The van der Waals surface area contributed by atoms with Crippen LogP contribution in [0, 0.1) is 12.7 Å². The summed E-state index contributed by atoms with van der Waals surface area (Å²) in [5.41, 5.74) is 1.81. The highest BCUT2D eigenvalue weighted by atomic mass is 35.5. The number of carbonyl (C=O) groups is 2. The van der Waals surface area contributed by atoms with E-state index < -0.39 is 11.9 Å². The van der Waals surface area contributed by atoms with Crippen molar-refractivity contribution in [3.63, 3.8) is 0 Å². The van der Waals surface area contributed by atoms with E-state index in [2.05, 4.69) is 11.7 Å². The molecule has 2 aliphatic heterocycles. The normalized spacial score (nSPS) is 17.0. The molecule has 1 fully saturated rings. The van der Waals surface area contributed by atoms with E-state index in [4.69, 9.17) is 26.1 Å². The minimum atomic E-state index is -0.585. The van der Waals surface area contributed by atoms with Crippen molar-refractivity contribution in [2.45, 2.75) is 13.0 Å². The molecule has 2 aromatic heterocycles. The van der Waals surface area contributed by atoms with Gasteiger partial charge in [-0.05, 0) is 25.1 Å². The molecule has 5 rings (SSSR count). The zero-order valence-corrected chi connectivity index (χ0v) is 21.4. The Balaban J connectivity index is 1.73. The summed E-state index contributed by atoms with van der Waals surface area (Å²) in [5, 5.41) is 4.40. The summed E-state index contributed by atoms with van der Waals surface area (Å²) in [6.45, 7) is 6.38. The fraction of sp³-hybridized carbons (Fsp3) is 0.308. The van der Waals surface area contributed by atoms with E-state index in [0.29, 0.717) is 24.3 Å². The average Bonchev–Trinajstić information content (AvgIpc) is 3.15. The molecule has 0 bridgehead atoms. The molecule has 0 aliphatic carbocycles. The van der Waals surface area contributed by atoms with Gasteiger partial charge in [0.2, 0.25) is 5.91 Å². The third kappa shape index (κ3) is 4.11. The molecule has 9 nitrogen and oxygen atoms in total. The summed E-state index contributed by atoms with van der Waals surface area (Å²) < 4.78 is 28.3. The van der Waals surface area contributed by atoms with Gasteiger partial charge >= 0.3 is 0 Å². The number of hydrogen-bond donors (Lipinski definition) is 0. The van der Waals surface area contributed by atoms with Crippen LogP contribution in [0.1, 0.15) is 16.1 Å². The molecule has 0 spiro atoms. The Kier molecular flexibility index (Phi) is 6.36. The molecule has 0 radical (unpaired) electrons. The molecule has 192 valence electrons. The van der Waals surface area contributed by atoms with E-state index in [-0.39, 0.29) is 64.0 Å². The molecule has 4 heterocycles. The third-order valence-corrected chi connectivity index (χ3v) is 7.01. The van der Waals surface area contributed by atoms with Crippen molar-refractivity contribution < 1.29 is 23.5 Å². The summed E-state index contributed by atoms with van der Waals surface area (Å²) >= 11 is 6.82. The highest BCUT2D eigenvalue weighted by Gasteiger charge is 2.40. The Bertz CT molecular complexity index is 1440. The van der Waals surface area contributed by atoms with Crippen LogP contribution in [0.25, 0.3) is 22.5 Å². The van der Waals surface area contributed by atoms with Gasteiger partial charge in [-0.15, -0.1) is 0 Å². The number of pyridine rings is 1. The van der Waals surface area contributed by atoms with Crippen LogP contribution in [0.4, 0.5) is 4.39 Å². The fourth-order valence-electron chi connectivity index (χ4n) is 4.89. The van der Waals surface area contributed by atoms with Gasteiger partial charge in [-0.25, -0.2) is 9.37 Å². The highest BCUT2D eigenvalue weighted by Crippen LogP contribution is 2.46. The first-order valence-corrected chi connectivity index (χ1v) is 12.0. The molecule has 1 aromatic carbocycles. The van der Waals surface area contributed by atoms with Crippen LogP contribution < -0.4 is 9.47 Å². The lowest BCUT2D eigenvalue weighted by molar-refractivity contribution is -0.128. The number of piperazine rings is 1. The summed E-state index contributed by atoms with van der Waals surface area (Å²) in [6.07, 6.45) is 2.99. The van der Waals surface area contributed by atoms with E-state index in [9.17, 15) is 9.59 Å². The van der Waals surface area contributed by atoms with Crippen LogP contribution in [0.5, 0.6) is 11.5 Å². The molecule has 3 aromatic rings. The first-order valence-electron chi connectivity index (χ1n) is 11.7. The standard InChI is InChI=1S/C26H25ClFN5O4/c1-5-19(34)32-9-10-33-15(11-32)13-37-25-21(26(33)35)23(16-12-31(3)30-14(16)2)29-24(22(25)27)20-17(28)7-6-8-18(20)36-4/h5-8,12,15H,1,9-11,13H2,2-4H3. The van der Waals surface area contributed by atoms with Gasteiger partial charge in [-0.3, -0.25) is 14.3 Å². The number of fused-ring (bicyclic) bond motifs is 2. The SMILES string of the molecule is C=CC(=O)N1CCN2C(=O)c3c(-c4cn(C)nc4C)nc(-c4c(F)cccc4OC)c(Cl)c3OCC2C1. The molecule has 0 N–H and O–H groups in total. The van der Waals surface area contributed by atoms with Crippen LogP contribution in [-0.2, 0) is 11.8 Å². The monoisotopic (exact) mass is 525 g/mol. The fourth-order valence-corrected chi connectivity index (χ4v) is 5.18. The number of amides is 2. The zero-order chi connectivity index (χ0) is 26.4. The molecule has 1 saturated heterocycles. The summed E-state index contributed by atoms with van der Waals surface area (Å²) in [7, 11) is 3.19. The van der Waals surface area contributed by atoms with Crippen molar-refractivity contribution >= 4 is 23.4 Å². The van der Waals surface area contributed by atoms with E-state index >= 15 is 4.39 Å². The van der Waals surface area contributed by atoms with Gasteiger partial charge in [0.15, 0.2) is 5.75 Å². The number of rotatable bonds is 4. The highest BCUT2D eigenvalue weighted by molar-refractivity contribution is 6.35. The van der Waals surface area contributed by atoms with Crippen LogP contribution in [0.3, 0.4) is 0 Å². The summed E-state index contributed by atoms with van der Waals surface area (Å²) in [4.78, 5) is 34.3. The Morgan fingerprint density at radius 1 is 1.30 bits per heavy atom. The van der Waals surface area contributed by atoms with Crippen molar-refractivity contribution in [1.29, 1.82) is 0 Å². The second-order valence-corrected chi connectivity index (χ2v) is 9.28. The number of benzene rings is 1. The van der Waals surface area contributed by atoms with Gasteiger partial charge in [0.05, 0.1) is 30.1 Å². The molecule has 37 heavy (non-hydrogen) atoms. The molecule has 2 aliphatic rings. The van der Waals surface area contributed by atoms with Crippen molar-refractivity contribution in [2.24, 2.45) is 7.05 Å². The van der Waals surface area contributed by atoms with E-state index in [1.165, 1.54) is 25.3 Å². The lowest BCUT2D eigenvalue weighted by Crippen LogP contribution is -2.57. The zero-order valence-electron chi connectivity index (χ0n) is 20.6. The van der Waals surface area contributed by atoms with Gasteiger partial charge in [0, 0.05) is 38.4 Å². The van der Waals surface area contributed by atoms with E-state index in [0.717, 1.165) is 0 Å². The van der Waals surface area contributed by atoms with Crippen molar-refractivity contribution in [3.05, 3.63) is 59.1 Å². The van der Waals surface area contributed by atoms with Gasteiger partial charge in [-0.1, -0.05) is 24.2 Å². The topological polar surface area (TPSA) is 89.8 Å². The van der Waals surface area contributed by atoms with Gasteiger partial charge in [0.1, 0.15) is 34.5 Å². The number of methoxy groups -OCH3 is 1. The van der Waals surface area contributed by atoms with Crippen molar-refractivity contribution in [2.75, 3.05) is 33.4 Å². The number of nitrogens with zero attached hydrogens (tertiary/aromatic N) is 5. The predicted molar refractivity (Wildman–Crippen MR) is 135 cm³/mol. The predicted octanol–water partition coefficient (Wildman–Crippen LogP) is 3.49. The van der Waals surface area contributed by atoms with Crippen LogP contribution >= 0.6 is 11.6 Å². The minimum Gasteiger partial charge on any atom is -0.496 e. The number of hydrogen-bond acceptors (Lipinski definition) is 6. The molecule has 0 saturated carbocycles. The second kappa shape index (κ2) is 9.51. The number of aromatic nitrogens is 3. The maximum Gasteiger partial charge on any atom is 0.260 e. The van der Waals surface area contributed by atoms with Gasteiger partial charge in [0.25, 0.3) is 5.91 Å². The first-order chi connectivity index (χ1) is 17.7. The lowest BCUT2D eigenvalue weighted by atomic mass is 10.0. The summed E-state index contributed by atoms with van der Waals surface area (Å²) in [5.74, 6) is -0.786. The van der Waals surface area contributed by atoms with Crippen LogP contribution in [0.15, 0.2) is 37.1 Å². The number of carbonyl (C=O) groups excluding carboxylic acids is 2. The molecule has 1 atom stereocenters. The maximum atomic E-state index is 15.1. The van der Waals surface area contributed by atoms with Crippen LogP contribution in [-0.4, -0.2) is 75.8 Å². The largest absolute Gasteiger partial charge is 0.496 e. The first kappa shape index (κ1) is 24.8. The number of ether oxygens (including phenoxy) is 2. The van der Waals surface area contributed by atoms with Gasteiger partial charge < -0.3 is 19.3 Å². The van der Waals surface area contributed by atoms with E-state index in [1.54, 1.807) is 40.7 Å². The Morgan fingerprint density at radius 2 is 2.08 bits per heavy atom. The molecule has 11 heteroatoms. The smallest absolute Gasteiger partial charge is 0.260 e. The molecule has 2 amide bonds. The Labute approximate surface area is 218 Å². The minimum absolute atomic E-state index is 0.00378. The molecular weight excluding hydrogens is 501 g/mol. The second-order valence-electron chi connectivity index (χ2n) is 8.90. The average molecular weight is 526 g/mol. The number of halogens is 2. The summed E-state index contributed by atoms with van der Waals surface area (Å²) in [6, 6.07) is 4.00. The Hall–Kier alpha value is -3.92. The third-order valence-electron chi connectivity index (χ3n) is 6.66. The molecule has 1 unspecified atom stereocenters.